The highest BCUT2D eigenvalue weighted by Crippen LogP contribution is 2.20. The van der Waals surface area contributed by atoms with Crippen molar-refractivity contribution in [1.82, 2.24) is 0 Å². The fourth-order valence-electron chi connectivity index (χ4n) is 1.82. The Kier molecular flexibility index (Phi) is 5.16. The molecule has 0 aliphatic carbocycles. The molecular weight excluding hydrogens is 176 g/mol. The van der Waals surface area contributed by atoms with Crippen LogP contribution in [0.2, 0.25) is 0 Å². The fourth-order valence-corrected chi connectivity index (χ4v) is 1.82. The Morgan fingerprint density at radius 1 is 1.36 bits per heavy atom. The second-order valence-electron chi connectivity index (χ2n) is 4.39. The van der Waals surface area contributed by atoms with Crippen LogP contribution >= 0.6 is 0 Å². The van der Waals surface area contributed by atoms with Gasteiger partial charge < -0.3 is 4.74 Å². The number of rotatable bonds is 7. The summed E-state index contributed by atoms with van der Waals surface area (Å²) in [5.74, 6) is 0.893. The zero-order valence-electron chi connectivity index (χ0n) is 9.42. The van der Waals surface area contributed by atoms with E-state index in [9.17, 15) is 4.79 Å². The van der Waals surface area contributed by atoms with Crippen molar-refractivity contribution < 1.29 is 9.53 Å². The molecule has 1 rings (SSSR count). The fraction of sp³-hybridized carbons (Fsp3) is 0.917. The number of hydrogen-bond acceptors (Lipinski definition) is 2. The average molecular weight is 198 g/mol. The van der Waals surface area contributed by atoms with Crippen molar-refractivity contribution >= 4 is 5.78 Å². The number of carbonyl (C=O) groups is 1. The molecule has 0 amide bonds. The highest BCUT2D eigenvalue weighted by molar-refractivity contribution is 5.83. The third kappa shape index (κ3) is 3.41. The van der Waals surface area contributed by atoms with Crippen molar-refractivity contribution in [2.75, 3.05) is 13.2 Å². The standard InChI is InChI=1S/C12H22O2/c1-3-4-5-6-7-10(2)12(13)11-8-14-9-11/h10-11H,3-9H2,1-2H3. The molecule has 0 radical (unpaired) electrons. The lowest BCUT2D eigenvalue weighted by Gasteiger charge is -2.27. The highest BCUT2D eigenvalue weighted by atomic mass is 16.5. The maximum atomic E-state index is 11.7. The molecular formula is C12H22O2. The van der Waals surface area contributed by atoms with Gasteiger partial charge >= 0.3 is 0 Å². The molecule has 2 heteroatoms. The summed E-state index contributed by atoms with van der Waals surface area (Å²) in [6.45, 7) is 5.60. The number of ether oxygens (including phenoxy) is 1. The predicted molar refractivity (Wildman–Crippen MR) is 57.2 cm³/mol. The van der Waals surface area contributed by atoms with E-state index in [1.54, 1.807) is 0 Å². The van der Waals surface area contributed by atoms with Crippen LogP contribution in [0.3, 0.4) is 0 Å². The van der Waals surface area contributed by atoms with E-state index in [-0.39, 0.29) is 11.8 Å². The third-order valence-electron chi connectivity index (χ3n) is 3.02. The van der Waals surface area contributed by atoms with Crippen LogP contribution in [0.25, 0.3) is 0 Å². The first-order chi connectivity index (χ1) is 6.75. The minimum Gasteiger partial charge on any atom is -0.380 e. The first-order valence-electron chi connectivity index (χ1n) is 5.87. The molecule has 14 heavy (non-hydrogen) atoms. The van der Waals surface area contributed by atoms with Gasteiger partial charge in [-0.05, 0) is 6.42 Å². The molecule has 0 saturated carbocycles. The summed E-state index contributed by atoms with van der Waals surface area (Å²) in [7, 11) is 0. The summed E-state index contributed by atoms with van der Waals surface area (Å²) < 4.78 is 5.03. The topological polar surface area (TPSA) is 26.3 Å². The van der Waals surface area contributed by atoms with E-state index in [1.807, 2.05) is 0 Å². The van der Waals surface area contributed by atoms with Crippen LogP contribution in [-0.4, -0.2) is 19.0 Å². The minimum atomic E-state index is 0.219. The van der Waals surface area contributed by atoms with Gasteiger partial charge in [-0.15, -0.1) is 0 Å². The molecule has 0 N–H and O–H groups in total. The van der Waals surface area contributed by atoms with Crippen LogP contribution in [0, 0.1) is 11.8 Å². The van der Waals surface area contributed by atoms with E-state index >= 15 is 0 Å². The first kappa shape index (κ1) is 11.7. The molecule has 0 aromatic carbocycles. The lowest BCUT2D eigenvalue weighted by molar-refractivity contribution is -0.140. The summed E-state index contributed by atoms with van der Waals surface area (Å²) in [6.07, 6.45) is 6.10. The van der Waals surface area contributed by atoms with Gasteiger partial charge in [-0.25, -0.2) is 0 Å². The minimum absolute atomic E-state index is 0.219. The van der Waals surface area contributed by atoms with Gasteiger partial charge in [0.1, 0.15) is 5.78 Å². The summed E-state index contributed by atoms with van der Waals surface area (Å²) in [4.78, 5) is 11.7. The summed E-state index contributed by atoms with van der Waals surface area (Å²) in [6, 6.07) is 0. The second-order valence-corrected chi connectivity index (χ2v) is 4.39. The number of unbranched alkanes of at least 4 members (excludes halogenated alkanes) is 3. The molecule has 1 aliphatic rings. The van der Waals surface area contributed by atoms with Gasteiger partial charge in [0, 0.05) is 5.92 Å². The molecule has 0 bridgehead atoms. The van der Waals surface area contributed by atoms with Crippen molar-refractivity contribution in [3.63, 3.8) is 0 Å². The van der Waals surface area contributed by atoms with Crippen LogP contribution in [0.15, 0.2) is 0 Å². The smallest absolute Gasteiger partial charge is 0.143 e. The number of carbonyl (C=O) groups excluding carboxylic acids is 1. The Hall–Kier alpha value is -0.370. The molecule has 1 atom stereocenters. The molecule has 1 unspecified atom stereocenters. The molecule has 0 spiro atoms. The Labute approximate surface area is 87.0 Å². The molecule has 0 aromatic heterocycles. The highest BCUT2D eigenvalue weighted by Gasteiger charge is 2.29. The van der Waals surface area contributed by atoms with Crippen molar-refractivity contribution in [1.29, 1.82) is 0 Å². The number of Topliss-reactive ketones (excluding diaryl/α,β-unsaturated/α-hetero) is 1. The number of ketones is 1. The van der Waals surface area contributed by atoms with Crippen molar-refractivity contribution in [3.8, 4) is 0 Å². The van der Waals surface area contributed by atoms with Crippen molar-refractivity contribution in [2.24, 2.45) is 11.8 Å². The Morgan fingerprint density at radius 3 is 2.57 bits per heavy atom. The Morgan fingerprint density at radius 2 is 2.07 bits per heavy atom. The van der Waals surface area contributed by atoms with Crippen molar-refractivity contribution in [2.45, 2.75) is 46.0 Å². The van der Waals surface area contributed by atoms with E-state index in [0.717, 1.165) is 6.42 Å². The third-order valence-corrected chi connectivity index (χ3v) is 3.02. The van der Waals surface area contributed by atoms with E-state index < -0.39 is 0 Å². The van der Waals surface area contributed by atoms with Gasteiger partial charge in [0.15, 0.2) is 0 Å². The lowest BCUT2D eigenvalue weighted by Crippen LogP contribution is -2.37. The molecule has 82 valence electrons. The lowest BCUT2D eigenvalue weighted by atomic mass is 9.89. The van der Waals surface area contributed by atoms with Gasteiger partial charge in [0.25, 0.3) is 0 Å². The zero-order valence-corrected chi connectivity index (χ0v) is 9.42. The molecule has 0 aromatic rings. The molecule has 1 saturated heterocycles. The molecule has 2 nitrogen and oxygen atoms in total. The van der Waals surface area contributed by atoms with E-state index in [4.69, 9.17) is 4.74 Å². The maximum Gasteiger partial charge on any atom is 0.143 e. The van der Waals surface area contributed by atoms with Crippen LogP contribution in [-0.2, 0) is 9.53 Å². The van der Waals surface area contributed by atoms with Gasteiger partial charge in [0.05, 0.1) is 19.1 Å². The predicted octanol–water partition coefficient (Wildman–Crippen LogP) is 2.81. The van der Waals surface area contributed by atoms with Crippen LogP contribution < -0.4 is 0 Å². The summed E-state index contributed by atoms with van der Waals surface area (Å²) in [5, 5.41) is 0. The van der Waals surface area contributed by atoms with Gasteiger partial charge in [-0.3, -0.25) is 4.79 Å². The van der Waals surface area contributed by atoms with Gasteiger partial charge in [0.2, 0.25) is 0 Å². The zero-order chi connectivity index (χ0) is 10.4. The largest absolute Gasteiger partial charge is 0.380 e. The Balaban J connectivity index is 2.07. The number of hydrogen-bond donors (Lipinski definition) is 0. The monoisotopic (exact) mass is 198 g/mol. The van der Waals surface area contributed by atoms with Gasteiger partial charge in [-0.2, -0.15) is 0 Å². The first-order valence-corrected chi connectivity index (χ1v) is 5.87. The van der Waals surface area contributed by atoms with Crippen LogP contribution in [0.4, 0.5) is 0 Å². The quantitative estimate of drug-likeness (QED) is 0.588. The van der Waals surface area contributed by atoms with E-state index in [0.29, 0.717) is 19.0 Å². The average Bonchev–Trinajstić information content (AvgIpc) is 2.09. The van der Waals surface area contributed by atoms with Crippen LogP contribution in [0.5, 0.6) is 0 Å². The maximum absolute atomic E-state index is 11.7. The Bertz CT molecular complexity index is 173. The second kappa shape index (κ2) is 6.18. The molecule has 1 fully saturated rings. The van der Waals surface area contributed by atoms with E-state index in [1.165, 1.54) is 25.7 Å². The summed E-state index contributed by atoms with van der Waals surface area (Å²) >= 11 is 0. The summed E-state index contributed by atoms with van der Waals surface area (Å²) in [5.41, 5.74) is 0. The van der Waals surface area contributed by atoms with Crippen LogP contribution in [0.1, 0.15) is 46.0 Å². The molecule has 1 aliphatic heterocycles. The normalized spacial score (nSPS) is 19.0. The van der Waals surface area contributed by atoms with Gasteiger partial charge in [-0.1, -0.05) is 39.5 Å². The SMILES string of the molecule is CCCCCCC(C)C(=O)C1COC1. The van der Waals surface area contributed by atoms with E-state index in [2.05, 4.69) is 13.8 Å². The molecule has 1 heterocycles. The van der Waals surface area contributed by atoms with Crippen molar-refractivity contribution in [3.05, 3.63) is 0 Å².